The predicted molar refractivity (Wildman–Crippen MR) is 70.4 cm³/mol. The second-order valence-electron chi connectivity index (χ2n) is 6.68. The maximum atomic E-state index is 10.9. The molecule has 1 aliphatic rings. The largest absolute Gasteiger partial charge is 0.378 e. The first-order chi connectivity index (χ1) is 7.51. The minimum atomic E-state index is -1.05. The van der Waals surface area contributed by atoms with Gasteiger partial charge in [-0.15, -0.1) is 0 Å². The van der Waals surface area contributed by atoms with Crippen molar-refractivity contribution in [3.63, 3.8) is 0 Å². The molecule has 0 aliphatic heterocycles. The summed E-state index contributed by atoms with van der Waals surface area (Å²) >= 11 is 0. The zero-order valence-corrected chi connectivity index (χ0v) is 12.0. The van der Waals surface area contributed by atoms with Crippen molar-refractivity contribution in [2.24, 2.45) is 17.3 Å². The summed E-state index contributed by atoms with van der Waals surface area (Å²) in [5.41, 5.74) is -2.31. The molecule has 2 N–H and O–H groups in total. The second kappa shape index (κ2) is 4.30. The first-order valence-electron chi connectivity index (χ1n) is 6.50. The standard InChI is InChI=1S/C15H26O2/c1-11-7-8-12(2)15(17,14(11,5)6)10-9-13(3,4)16/h11-12,16-17H,7-8H2,1-6H3. The molecule has 0 saturated heterocycles. The SMILES string of the molecule is CC1CCC(C)C(O)(C#CC(C)(C)O)C1(C)C. The highest BCUT2D eigenvalue weighted by molar-refractivity contribution is 5.25. The van der Waals surface area contributed by atoms with Gasteiger partial charge in [-0.3, -0.25) is 0 Å². The third-order valence-electron chi connectivity index (χ3n) is 4.52. The summed E-state index contributed by atoms with van der Waals surface area (Å²) in [5, 5.41) is 20.6. The normalized spacial score (nSPS) is 37.2. The van der Waals surface area contributed by atoms with Crippen LogP contribution < -0.4 is 0 Å². The first kappa shape index (κ1) is 14.5. The van der Waals surface area contributed by atoms with E-state index in [1.165, 1.54) is 0 Å². The van der Waals surface area contributed by atoms with Crippen molar-refractivity contribution in [1.82, 2.24) is 0 Å². The van der Waals surface area contributed by atoms with Gasteiger partial charge in [0, 0.05) is 5.41 Å². The lowest BCUT2D eigenvalue weighted by molar-refractivity contribution is -0.114. The van der Waals surface area contributed by atoms with Gasteiger partial charge in [0.1, 0.15) is 11.2 Å². The van der Waals surface area contributed by atoms with Crippen LogP contribution in [-0.2, 0) is 0 Å². The van der Waals surface area contributed by atoms with Crippen LogP contribution in [0.25, 0.3) is 0 Å². The minimum absolute atomic E-state index is 0.142. The number of hydrogen-bond acceptors (Lipinski definition) is 2. The van der Waals surface area contributed by atoms with Gasteiger partial charge in [0.05, 0.1) is 0 Å². The maximum Gasteiger partial charge on any atom is 0.133 e. The average Bonchev–Trinajstić information content (AvgIpc) is 2.18. The fourth-order valence-electron chi connectivity index (χ4n) is 2.61. The molecule has 0 bridgehead atoms. The molecule has 1 rings (SSSR count). The molecule has 98 valence electrons. The minimum Gasteiger partial charge on any atom is -0.378 e. The van der Waals surface area contributed by atoms with E-state index in [1.807, 2.05) is 6.92 Å². The fourth-order valence-corrected chi connectivity index (χ4v) is 2.61. The molecule has 17 heavy (non-hydrogen) atoms. The highest BCUT2D eigenvalue weighted by Gasteiger charge is 2.52. The van der Waals surface area contributed by atoms with Gasteiger partial charge in [-0.05, 0) is 38.5 Å². The van der Waals surface area contributed by atoms with Gasteiger partial charge in [0.15, 0.2) is 0 Å². The van der Waals surface area contributed by atoms with Crippen LogP contribution in [-0.4, -0.2) is 21.4 Å². The third kappa shape index (κ3) is 2.67. The van der Waals surface area contributed by atoms with Crippen molar-refractivity contribution in [3.05, 3.63) is 0 Å². The van der Waals surface area contributed by atoms with Crippen molar-refractivity contribution in [2.45, 2.75) is 65.6 Å². The van der Waals surface area contributed by atoms with Crippen LogP contribution in [0.3, 0.4) is 0 Å². The lowest BCUT2D eigenvalue weighted by atomic mass is 9.56. The van der Waals surface area contributed by atoms with Gasteiger partial charge >= 0.3 is 0 Å². The van der Waals surface area contributed by atoms with E-state index >= 15 is 0 Å². The molecule has 3 atom stereocenters. The zero-order valence-electron chi connectivity index (χ0n) is 12.0. The predicted octanol–water partition coefficient (Wildman–Crippen LogP) is 2.58. The van der Waals surface area contributed by atoms with Gasteiger partial charge in [-0.25, -0.2) is 0 Å². The lowest BCUT2D eigenvalue weighted by Crippen LogP contribution is -2.55. The van der Waals surface area contributed by atoms with Crippen LogP contribution >= 0.6 is 0 Å². The molecule has 3 unspecified atom stereocenters. The number of hydrogen-bond donors (Lipinski definition) is 2. The molecule has 1 aliphatic carbocycles. The van der Waals surface area contributed by atoms with Crippen molar-refractivity contribution in [1.29, 1.82) is 0 Å². The lowest BCUT2D eigenvalue weighted by Gasteiger charge is -2.51. The Labute approximate surface area is 105 Å². The van der Waals surface area contributed by atoms with E-state index in [2.05, 4.69) is 32.6 Å². The fraction of sp³-hybridized carbons (Fsp3) is 0.867. The van der Waals surface area contributed by atoms with E-state index in [4.69, 9.17) is 0 Å². The molecule has 0 aromatic heterocycles. The Balaban J connectivity index is 3.15. The van der Waals surface area contributed by atoms with Crippen LogP contribution in [0, 0.1) is 29.1 Å². The van der Waals surface area contributed by atoms with Crippen molar-refractivity contribution in [2.75, 3.05) is 0 Å². The topological polar surface area (TPSA) is 40.5 Å². The van der Waals surface area contributed by atoms with E-state index < -0.39 is 11.2 Å². The highest BCUT2D eigenvalue weighted by Crippen LogP contribution is 2.50. The first-order valence-corrected chi connectivity index (χ1v) is 6.50. The molecule has 0 aromatic rings. The smallest absolute Gasteiger partial charge is 0.133 e. The summed E-state index contributed by atoms with van der Waals surface area (Å²) in [5.74, 6) is 6.33. The Hall–Kier alpha value is -0.520. The molecule has 0 heterocycles. The van der Waals surface area contributed by atoms with E-state index in [0.717, 1.165) is 12.8 Å². The summed E-state index contributed by atoms with van der Waals surface area (Å²) in [7, 11) is 0. The van der Waals surface area contributed by atoms with Crippen LogP contribution in [0.15, 0.2) is 0 Å². The van der Waals surface area contributed by atoms with Crippen LogP contribution in [0.2, 0.25) is 0 Å². The summed E-state index contributed by atoms with van der Waals surface area (Å²) in [6.45, 7) is 11.7. The molecule has 2 nitrogen and oxygen atoms in total. The maximum absolute atomic E-state index is 10.9. The Morgan fingerprint density at radius 1 is 1.12 bits per heavy atom. The number of aliphatic hydroxyl groups is 2. The average molecular weight is 238 g/mol. The molecule has 0 radical (unpaired) electrons. The highest BCUT2D eigenvalue weighted by atomic mass is 16.3. The summed E-state index contributed by atoms with van der Waals surface area (Å²) < 4.78 is 0. The van der Waals surface area contributed by atoms with Gasteiger partial charge in [-0.2, -0.15) is 0 Å². The zero-order chi connectivity index (χ0) is 13.5. The van der Waals surface area contributed by atoms with Crippen LogP contribution in [0.1, 0.15) is 54.4 Å². The second-order valence-corrected chi connectivity index (χ2v) is 6.68. The molecular formula is C15H26O2. The van der Waals surface area contributed by atoms with Gasteiger partial charge in [0.2, 0.25) is 0 Å². The van der Waals surface area contributed by atoms with E-state index in [1.54, 1.807) is 13.8 Å². The molecule has 0 amide bonds. The Morgan fingerprint density at radius 3 is 2.06 bits per heavy atom. The van der Waals surface area contributed by atoms with Crippen LogP contribution in [0.4, 0.5) is 0 Å². The Morgan fingerprint density at radius 2 is 1.59 bits per heavy atom. The Bertz CT molecular complexity index is 340. The van der Waals surface area contributed by atoms with E-state index in [9.17, 15) is 10.2 Å². The third-order valence-corrected chi connectivity index (χ3v) is 4.52. The van der Waals surface area contributed by atoms with Crippen LogP contribution in [0.5, 0.6) is 0 Å². The molecule has 0 spiro atoms. The van der Waals surface area contributed by atoms with Gasteiger partial charge < -0.3 is 10.2 Å². The molecular weight excluding hydrogens is 212 g/mol. The molecule has 1 fully saturated rings. The molecule has 0 aromatic carbocycles. The number of rotatable bonds is 0. The summed E-state index contributed by atoms with van der Waals surface area (Å²) in [6, 6.07) is 0. The van der Waals surface area contributed by atoms with Crippen molar-refractivity contribution in [3.8, 4) is 11.8 Å². The summed E-state index contributed by atoms with van der Waals surface area (Å²) in [6.07, 6.45) is 2.11. The van der Waals surface area contributed by atoms with Gasteiger partial charge in [0.25, 0.3) is 0 Å². The van der Waals surface area contributed by atoms with Crippen molar-refractivity contribution < 1.29 is 10.2 Å². The Kier molecular flexibility index (Phi) is 3.68. The quantitative estimate of drug-likeness (QED) is 0.637. The van der Waals surface area contributed by atoms with E-state index in [0.29, 0.717) is 5.92 Å². The monoisotopic (exact) mass is 238 g/mol. The van der Waals surface area contributed by atoms with E-state index in [-0.39, 0.29) is 11.3 Å². The molecule has 2 heteroatoms. The van der Waals surface area contributed by atoms with Gasteiger partial charge in [-0.1, -0.05) is 39.5 Å². The summed E-state index contributed by atoms with van der Waals surface area (Å²) in [4.78, 5) is 0. The van der Waals surface area contributed by atoms with Crippen molar-refractivity contribution >= 4 is 0 Å². The molecule has 1 saturated carbocycles.